The molecule has 0 bridgehead atoms. The minimum Gasteiger partial charge on any atom is -0.340 e. The Morgan fingerprint density at radius 2 is 2.00 bits per heavy atom. The van der Waals surface area contributed by atoms with E-state index in [0.717, 1.165) is 10.8 Å². The molecule has 1 aromatic carbocycles. The number of hydrogen-bond acceptors (Lipinski definition) is 4. The Morgan fingerprint density at radius 1 is 1.24 bits per heavy atom. The van der Waals surface area contributed by atoms with Crippen LogP contribution in [0.2, 0.25) is 0 Å². The van der Waals surface area contributed by atoms with Crippen LogP contribution < -0.4 is 11.0 Å². The minimum absolute atomic E-state index is 0.0342. The van der Waals surface area contributed by atoms with Crippen molar-refractivity contribution < 1.29 is 9.63 Å². The Kier molecular flexibility index (Phi) is 4.67. The van der Waals surface area contributed by atoms with Gasteiger partial charge in [0, 0.05) is 18.6 Å². The van der Waals surface area contributed by atoms with Gasteiger partial charge in [-0.25, -0.2) is 5.06 Å². The van der Waals surface area contributed by atoms with Crippen molar-refractivity contribution in [1.29, 1.82) is 0 Å². The van der Waals surface area contributed by atoms with Crippen molar-refractivity contribution in [3.05, 3.63) is 70.1 Å². The quantitative estimate of drug-likeness (QED) is 0.525. The van der Waals surface area contributed by atoms with Crippen LogP contribution in [0.4, 0.5) is 0 Å². The standard InChI is InChI=1S/C18H16BN3O3/c1-21(25-2)18(24)14-11-22(10-12-6-5-9-16(19)20-12)15-8-4-3-7-13(15)17(14)23/h3-9,11H,10H2,1-2H3. The smallest absolute Gasteiger partial charge is 0.282 e. The van der Waals surface area contributed by atoms with Gasteiger partial charge < -0.3 is 4.57 Å². The van der Waals surface area contributed by atoms with Crippen molar-refractivity contribution >= 4 is 30.2 Å². The molecule has 0 aliphatic heterocycles. The second kappa shape index (κ2) is 6.90. The van der Waals surface area contributed by atoms with Gasteiger partial charge in [0.1, 0.15) is 13.4 Å². The van der Waals surface area contributed by atoms with Gasteiger partial charge in [0.15, 0.2) is 0 Å². The van der Waals surface area contributed by atoms with Crippen LogP contribution in [0, 0.1) is 0 Å². The Morgan fingerprint density at radius 3 is 2.72 bits per heavy atom. The van der Waals surface area contributed by atoms with E-state index in [1.807, 2.05) is 28.8 Å². The number of benzene rings is 1. The maximum Gasteiger partial charge on any atom is 0.282 e. The van der Waals surface area contributed by atoms with E-state index in [2.05, 4.69) is 4.98 Å². The van der Waals surface area contributed by atoms with Gasteiger partial charge in [-0.05, 0) is 23.8 Å². The summed E-state index contributed by atoms with van der Waals surface area (Å²) < 4.78 is 1.81. The molecule has 25 heavy (non-hydrogen) atoms. The van der Waals surface area contributed by atoms with Gasteiger partial charge >= 0.3 is 0 Å². The summed E-state index contributed by atoms with van der Waals surface area (Å²) in [4.78, 5) is 34.3. The molecule has 0 fully saturated rings. The Balaban J connectivity index is 2.18. The van der Waals surface area contributed by atoms with Crippen LogP contribution in [0.1, 0.15) is 16.1 Å². The molecule has 7 heteroatoms. The van der Waals surface area contributed by atoms with Crippen LogP contribution in [0.25, 0.3) is 10.9 Å². The first-order chi connectivity index (χ1) is 12.0. The van der Waals surface area contributed by atoms with E-state index >= 15 is 0 Å². The average molecular weight is 333 g/mol. The molecule has 0 unspecified atom stereocenters. The highest BCUT2D eigenvalue weighted by atomic mass is 16.7. The molecule has 2 aromatic heterocycles. The van der Waals surface area contributed by atoms with E-state index in [0.29, 0.717) is 23.0 Å². The number of rotatable bonds is 4. The lowest BCUT2D eigenvalue weighted by atomic mass is 10.0. The number of pyridine rings is 2. The molecular formula is C18H16BN3O3. The number of nitrogens with zero attached hydrogens (tertiary/aromatic N) is 3. The van der Waals surface area contributed by atoms with E-state index in [-0.39, 0.29) is 11.0 Å². The molecule has 2 radical (unpaired) electrons. The molecule has 1 amide bonds. The van der Waals surface area contributed by atoms with Gasteiger partial charge in [-0.1, -0.05) is 24.3 Å². The maximum atomic E-state index is 12.7. The van der Waals surface area contributed by atoms with Crippen LogP contribution in [0.5, 0.6) is 0 Å². The number of hydrogen-bond donors (Lipinski definition) is 0. The van der Waals surface area contributed by atoms with Crippen molar-refractivity contribution in [2.45, 2.75) is 6.54 Å². The first-order valence-electron chi connectivity index (χ1n) is 7.67. The van der Waals surface area contributed by atoms with Crippen molar-refractivity contribution in [2.24, 2.45) is 0 Å². The predicted octanol–water partition coefficient (Wildman–Crippen LogP) is 0.872. The number of fused-ring (bicyclic) bond motifs is 1. The number of hydroxylamine groups is 2. The van der Waals surface area contributed by atoms with E-state index in [1.165, 1.54) is 20.4 Å². The number of para-hydroxylation sites is 1. The third-order valence-electron chi connectivity index (χ3n) is 3.94. The Bertz CT molecular complexity index is 1000. The van der Waals surface area contributed by atoms with Crippen molar-refractivity contribution in [1.82, 2.24) is 14.6 Å². The molecule has 0 saturated heterocycles. The summed E-state index contributed by atoms with van der Waals surface area (Å²) in [6.45, 7) is 0.378. The minimum atomic E-state index is -0.507. The molecule has 6 nitrogen and oxygen atoms in total. The summed E-state index contributed by atoms with van der Waals surface area (Å²) in [6, 6.07) is 12.5. The largest absolute Gasteiger partial charge is 0.340 e. The summed E-state index contributed by atoms with van der Waals surface area (Å²) >= 11 is 0. The number of amides is 1. The zero-order valence-electron chi connectivity index (χ0n) is 14.0. The first-order valence-corrected chi connectivity index (χ1v) is 7.67. The molecule has 3 rings (SSSR count). The van der Waals surface area contributed by atoms with Gasteiger partial charge in [0.05, 0.1) is 24.9 Å². The molecule has 0 atom stereocenters. The second-order valence-electron chi connectivity index (χ2n) is 5.56. The molecule has 0 saturated carbocycles. The van der Waals surface area contributed by atoms with Crippen molar-refractivity contribution in [3.8, 4) is 0 Å². The predicted molar refractivity (Wildman–Crippen MR) is 96.0 cm³/mol. The molecule has 0 spiro atoms. The van der Waals surface area contributed by atoms with E-state index in [1.54, 1.807) is 18.2 Å². The van der Waals surface area contributed by atoms with Gasteiger partial charge in [0.2, 0.25) is 5.43 Å². The lowest BCUT2D eigenvalue weighted by molar-refractivity contribution is -0.0758. The Hall–Kier alpha value is -2.93. The molecule has 0 aliphatic carbocycles. The van der Waals surface area contributed by atoms with Gasteiger partial charge in [-0.3, -0.25) is 19.4 Å². The average Bonchev–Trinajstić information content (AvgIpc) is 2.63. The normalized spacial score (nSPS) is 10.8. The van der Waals surface area contributed by atoms with Gasteiger partial charge in [0.25, 0.3) is 5.91 Å². The highest BCUT2D eigenvalue weighted by molar-refractivity contribution is 6.30. The number of carbonyl (C=O) groups is 1. The topological polar surface area (TPSA) is 64.4 Å². The monoisotopic (exact) mass is 333 g/mol. The highest BCUT2D eigenvalue weighted by Gasteiger charge is 2.19. The lowest BCUT2D eigenvalue weighted by Gasteiger charge is -2.16. The highest BCUT2D eigenvalue weighted by Crippen LogP contribution is 2.14. The molecule has 0 aliphatic rings. The van der Waals surface area contributed by atoms with Gasteiger partial charge in [-0.15, -0.1) is 0 Å². The number of aromatic nitrogens is 2. The summed E-state index contributed by atoms with van der Waals surface area (Å²) in [7, 11) is 8.57. The second-order valence-corrected chi connectivity index (χ2v) is 5.56. The van der Waals surface area contributed by atoms with Crippen molar-refractivity contribution in [2.75, 3.05) is 14.2 Å². The summed E-state index contributed by atoms with van der Waals surface area (Å²) in [5, 5.41) is 1.48. The van der Waals surface area contributed by atoms with E-state index < -0.39 is 5.91 Å². The van der Waals surface area contributed by atoms with Crippen molar-refractivity contribution in [3.63, 3.8) is 0 Å². The summed E-state index contributed by atoms with van der Waals surface area (Å²) in [6.07, 6.45) is 1.54. The van der Waals surface area contributed by atoms with Crippen LogP contribution >= 0.6 is 0 Å². The van der Waals surface area contributed by atoms with Crippen LogP contribution in [-0.4, -0.2) is 42.5 Å². The zero-order chi connectivity index (χ0) is 18.0. The zero-order valence-corrected chi connectivity index (χ0v) is 14.0. The molecule has 0 N–H and O–H groups in total. The molecule has 124 valence electrons. The van der Waals surface area contributed by atoms with E-state index in [4.69, 9.17) is 12.7 Å². The lowest BCUT2D eigenvalue weighted by Crippen LogP contribution is -2.31. The fraction of sp³-hybridized carbons (Fsp3) is 0.167. The molecule has 2 heterocycles. The first kappa shape index (κ1) is 16.9. The fourth-order valence-corrected chi connectivity index (χ4v) is 2.64. The number of carbonyl (C=O) groups excluding carboxylic acids is 1. The summed E-state index contributed by atoms with van der Waals surface area (Å²) in [5.41, 5.74) is 1.56. The maximum absolute atomic E-state index is 12.7. The SMILES string of the molecule is [B]c1cccc(Cn2cc(C(=O)N(C)OC)c(=O)c3ccccc32)n1. The molecular weight excluding hydrogens is 317 g/mol. The van der Waals surface area contributed by atoms with Gasteiger partial charge in [-0.2, -0.15) is 0 Å². The fourth-order valence-electron chi connectivity index (χ4n) is 2.64. The third kappa shape index (κ3) is 3.32. The molecule has 3 aromatic rings. The van der Waals surface area contributed by atoms with Crippen LogP contribution in [-0.2, 0) is 11.4 Å². The Labute approximate surface area is 146 Å². The van der Waals surface area contributed by atoms with Crippen LogP contribution in [0.15, 0.2) is 53.5 Å². The third-order valence-corrected chi connectivity index (χ3v) is 3.94. The van der Waals surface area contributed by atoms with Crippen LogP contribution in [0.3, 0.4) is 0 Å². The summed E-state index contributed by atoms with van der Waals surface area (Å²) in [5.74, 6) is -0.507. The van der Waals surface area contributed by atoms with E-state index in [9.17, 15) is 9.59 Å².